The predicted molar refractivity (Wildman–Crippen MR) is 239 cm³/mol. The van der Waals surface area contributed by atoms with Crippen LogP contribution >= 0.6 is 19.4 Å². The van der Waals surface area contributed by atoms with Gasteiger partial charge in [0.25, 0.3) is 5.92 Å². The molecule has 4 atom stereocenters. The Morgan fingerprint density at radius 1 is 1.05 bits per heavy atom. The Kier molecular flexibility index (Phi) is 15.4. The average molecular weight is 1130 g/mol. The van der Waals surface area contributed by atoms with E-state index in [1.807, 2.05) is 0 Å². The minimum absolute atomic E-state index is 0.133. The molecule has 2 unspecified atom stereocenters. The number of hydrogen-bond acceptors (Lipinski definition) is 11. The van der Waals surface area contributed by atoms with Gasteiger partial charge in [0.15, 0.2) is 15.5 Å². The Balaban J connectivity index is 1.42. The molecular formula is C43H38ClF10N7O10PS2-. The predicted octanol–water partition coefficient (Wildman–Crippen LogP) is 7.30. The number of hydrogen-bond donors (Lipinski definition) is 3. The van der Waals surface area contributed by atoms with Crippen LogP contribution in [0.3, 0.4) is 0 Å². The van der Waals surface area contributed by atoms with Gasteiger partial charge in [-0.15, -0.1) is 0 Å². The number of pyridine rings is 1. The SMILES string of the molecule is CC(C)(C#Cc1ccc(-c2ccc(Cl)c3c(CN(C(=O)CCCOP(=O)(O)O)S(=O)[O-])nn(CC(F)(F)F)c23)c(C(Cc2cc(F)cc(F)c2)NC(=O)Cn2nc(C(F)(F)F)c3c2C(F)(F)[C@@H]2C[C@H]32)n1)S(C)(=O)=O. The van der Waals surface area contributed by atoms with Gasteiger partial charge in [-0.3, -0.25) is 32.0 Å². The van der Waals surface area contributed by atoms with Crippen LogP contribution in [0.25, 0.3) is 22.0 Å². The van der Waals surface area contributed by atoms with Crippen molar-refractivity contribution in [2.45, 2.75) is 94.1 Å². The lowest BCUT2D eigenvalue weighted by atomic mass is 9.93. The van der Waals surface area contributed by atoms with Crippen LogP contribution in [0.4, 0.5) is 43.9 Å². The van der Waals surface area contributed by atoms with Crippen molar-refractivity contribution >= 4 is 63.2 Å². The van der Waals surface area contributed by atoms with Crippen molar-refractivity contribution in [2.24, 2.45) is 5.92 Å². The number of alkyl halides is 8. The Labute approximate surface area is 420 Å². The van der Waals surface area contributed by atoms with E-state index >= 15 is 8.78 Å². The molecule has 0 spiro atoms. The minimum Gasteiger partial charge on any atom is -0.755 e. The van der Waals surface area contributed by atoms with E-state index in [4.69, 9.17) is 21.4 Å². The summed E-state index contributed by atoms with van der Waals surface area (Å²) in [5, 5.41) is 8.97. The van der Waals surface area contributed by atoms with Gasteiger partial charge in [0.05, 0.1) is 52.4 Å². The van der Waals surface area contributed by atoms with E-state index in [-0.39, 0.29) is 42.8 Å². The molecule has 0 aliphatic heterocycles. The number of nitrogens with one attached hydrogen (secondary N) is 1. The first-order chi connectivity index (χ1) is 34.1. The second-order valence-electron chi connectivity index (χ2n) is 17.7. The van der Waals surface area contributed by atoms with E-state index in [9.17, 15) is 66.5 Å². The number of sulfone groups is 1. The van der Waals surface area contributed by atoms with E-state index in [0.717, 1.165) is 42.7 Å². The van der Waals surface area contributed by atoms with Crippen molar-refractivity contribution in [3.63, 3.8) is 0 Å². The first-order valence-corrected chi connectivity index (χ1v) is 26.3. The first-order valence-electron chi connectivity index (χ1n) is 21.5. The minimum atomic E-state index is -5.23. The number of fused-ring (bicyclic) bond motifs is 4. The number of carbonyl (C=O) groups excluding carboxylic acids is 2. The largest absolute Gasteiger partial charge is 0.755 e. The van der Waals surface area contributed by atoms with Crippen LogP contribution in [0.5, 0.6) is 0 Å². The van der Waals surface area contributed by atoms with Crippen LogP contribution in [-0.2, 0) is 77.9 Å². The van der Waals surface area contributed by atoms with Crippen LogP contribution in [0.1, 0.15) is 84.7 Å². The molecule has 0 radical (unpaired) electrons. The molecule has 3 N–H and O–H groups in total. The van der Waals surface area contributed by atoms with Gasteiger partial charge < -0.3 is 19.7 Å². The molecule has 1 fully saturated rings. The van der Waals surface area contributed by atoms with Crippen LogP contribution in [-0.4, -0.2) is 91.4 Å². The zero-order valence-corrected chi connectivity index (χ0v) is 41.5. The molecule has 0 bridgehead atoms. The highest BCUT2D eigenvalue weighted by atomic mass is 35.5. The maximum Gasteiger partial charge on any atom is 0.469 e. The molecule has 5 aromatic rings. The Morgan fingerprint density at radius 2 is 1.70 bits per heavy atom. The normalized spacial score (nSPS) is 17.3. The molecule has 7 rings (SSSR count). The summed E-state index contributed by atoms with van der Waals surface area (Å²) < 4.78 is 211. The van der Waals surface area contributed by atoms with Crippen LogP contribution in [0, 0.1) is 29.4 Å². The number of benzene rings is 2. The molecule has 31 heteroatoms. The number of halogens is 11. The van der Waals surface area contributed by atoms with Gasteiger partial charge >= 0.3 is 20.2 Å². The quantitative estimate of drug-likeness (QED) is 0.0273. The van der Waals surface area contributed by atoms with E-state index in [0.29, 0.717) is 10.7 Å². The monoisotopic (exact) mass is 1130 g/mol. The summed E-state index contributed by atoms with van der Waals surface area (Å²) in [5.41, 5.74) is -6.33. The molecule has 400 valence electrons. The van der Waals surface area contributed by atoms with Crippen molar-refractivity contribution in [1.82, 2.24) is 34.2 Å². The van der Waals surface area contributed by atoms with Gasteiger partial charge in [-0.2, -0.15) is 45.3 Å². The van der Waals surface area contributed by atoms with Gasteiger partial charge in [-0.1, -0.05) is 23.6 Å². The lowest BCUT2D eigenvalue weighted by molar-refractivity contribution is -0.143. The number of phosphoric acid groups is 1. The zero-order chi connectivity index (χ0) is 54.8. The van der Waals surface area contributed by atoms with Crippen LogP contribution in [0.15, 0.2) is 42.5 Å². The molecule has 2 aromatic carbocycles. The average Bonchev–Trinajstić information content (AvgIpc) is 3.77. The van der Waals surface area contributed by atoms with Crippen molar-refractivity contribution in [2.75, 3.05) is 12.9 Å². The third-order valence-corrected chi connectivity index (χ3v) is 15.4. The summed E-state index contributed by atoms with van der Waals surface area (Å²) in [4.78, 5) is 49.7. The maximum atomic E-state index is 15.6. The molecule has 2 amide bonds. The molecule has 3 aromatic heterocycles. The third-order valence-electron chi connectivity index (χ3n) is 11.9. The topological polar surface area (TPSA) is 239 Å². The molecule has 17 nitrogen and oxygen atoms in total. The molecular weight excluding hydrogens is 1100 g/mol. The Hall–Kier alpha value is -5.47. The van der Waals surface area contributed by atoms with Gasteiger partial charge in [0, 0.05) is 46.7 Å². The van der Waals surface area contributed by atoms with E-state index in [2.05, 4.69) is 36.9 Å². The van der Waals surface area contributed by atoms with Gasteiger partial charge in [-0.05, 0) is 80.8 Å². The summed E-state index contributed by atoms with van der Waals surface area (Å²) in [6.45, 7) is -2.60. The van der Waals surface area contributed by atoms with Gasteiger partial charge in [0.2, 0.25) is 11.8 Å². The number of rotatable bonds is 17. The second kappa shape index (κ2) is 20.2. The number of nitrogens with zero attached hydrogens (tertiary/aromatic N) is 6. The Bertz CT molecular complexity index is 3320. The lowest BCUT2D eigenvalue weighted by Gasteiger charge is -2.24. The van der Waals surface area contributed by atoms with Gasteiger partial charge in [-0.25, -0.2) is 26.7 Å². The third kappa shape index (κ3) is 12.3. The Morgan fingerprint density at radius 3 is 2.30 bits per heavy atom. The molecule has 0 saturated heterocycles. The fourth-order valence-electron chi connectivity index (χ4n) is 8.35. The summed E-state index contributed by atoms with van der Waals surface area (Å²) in [5.74, 6) is -6.37. The van der Waals surface area contributed by atoms with E-state index in [1.165, 1.54) is 13.8 Å². The highest BCUT2D eigenvalue weighted by Gasteiger charge is 2.68. The fraction of sp³-hybridized carbons (Fsp3) is 0.419. The first kappa shape index (κ1) is 56.3. The smallest absolute Gasteiger partial charge is 0.469 e. The summed E-state index contributed by atoms with van der Waals surface area (Å²) in [6.07, 6.45) is -11.6. The summed E-state index contributed by atoms with van der Waals surface area (Å²) >= 11 is 3.13. The van der Waals surface area contributed by atoms with Crippen molar-refractivity contribution in [3.8, 4) is 23.0 Å². The van der Waals surface area contributed by atoms with E-state index in [1.54, 1.807) is 0 Å². The maximum absolute atomic E-state index is 15.6. The van der Waals surface area contributed by atoms with Crippen LogP contribution in [0.2, 0.25) is 5.02 Å². The van der Waals surface area contributed by atoms with Gasteiger partial charge in [0.1, 0.15) is 40.9 Å². The number of aromatic nitrogens is 5. The molecule has 2 aliphatic rings. The molecule has 3 heterocycles. The number of phosphoric ester groups is 1. The number of carbonyl (C=O) groups is 2. The van der Waals surface area contributed by atoms with Crippen molar-refractivity contribution in [3.05, 3.63) is 98.7 Å². The van der Waals surface area contributed by atoms with Crippen LogP contribution < -0.4 is 5.32 Å². The molecule has 1 saturated carbocycles. The fourth-order valence-corrected chi connectivity index (χ4v) is 9.70. The second-order valence-corrected chi connectivity index (χ2v) is 22.8. The lowest BCUT2D eigenvalue weighted by Crippen LogP contribution is -2.35. The van der Waals surface area contributed by atoms with E-state index < -0.39 is 178 Å². The van der Waals surface area contributed by atoms with Crippen molar-refractivity contribution < 1.29 is 89.5 Å². The standard InChI is InChI=1S/C43H39ClF10N7O10PS2/c1-40(2,74(3,69)70)11-10-24-6-7-25(26-8-9-29(44)35-31(57-60(37(26)35)20-41(47,48)49)18-61(73(67)68)33(63)5-4-12-71-72(64,65)66)36(55-24)30(15-21-13-22(45)16-23(46)14-21)56-32(62)19-59-39-34(38(58-59)43(52,53)54)27-17-28(27)42(39,50)51/h6-9,13-14,16,27-28,30H,4-5,12,15,17-20H2,1-3H3,(H,56,62)(H,67,68)(H2,64,65,66)/p-1/t27-,28+,30?/m0/s1. The summed E-state index contributed by atoms with van der Waals surface area (Å²) in [6, 6.07) is 4.80. The highest BCUT2D eigenvalue weighted by Crippen LogP contribution is 2.68. The number of amides is 2. The summed E-state index contributed by atoms with van der Waals surface area (Å²) in [7, 11) is -8.91. The van der Waals surface area contributed by atoms with Crippen molar-refractivity contribution in [1.29, 1.82) is 0 Å². The zero-order valence-electron chi connectivity index (χ0n) is 38.2. The molecule has 74 heavy (non-hydrogen) atoms. The molecule has 2 aliphatic carbocycles. The highest BCUT2D eigenvalue weighted by molar-refractivity contribution is 7.92.